The zero-order valence-corrected chi connectivity index (χ0v) is 12.4. The first-order chi connectivity index (χ1) is 9.65. The van der Waals surface area contributed by atoms with Crippen LogP contribution in [0.5, 0.6) is 0 Å². The zero-order chi connectivity index (χ0) is 14.4. The molecule has 1 aliphatic rings. The number of ether oxygens (including phenoxy) is 3. The van der Waals surface area contributed by atoms with Crippen LogP contribution in [0.2, 0.25) is 0 Å². The van der Waals surface area contributed by atoms with E-state index in [9.17, 15) is 0 Å². The molecule has 112 valence electrons. The van der Waals surface area contributed by atoms with Gasteiger partial charge < -0.3 is 14.2 Å². The first kappa shape index (κ1) is 15.4. The number of hydrazine groups is 1. The highest BCUT2D eigenvalue weighted by Crippen LogP contribution is 2.17. The monoisotopic (exact) mass is 280 g/mol. The van der Waals surface area contributed by atoms with Crippen LogP contribution in [0.15, 0.2) is 30.3 Å². The van der Waals surface area contributed by atoms with E-state index in [1.165, 1.54) is 0 Å². The van der Waals surface area contributed by atoms with Crippen LogP contribution in [-0.4, -0.2) is 44.3 Å². The number of nitrogens with one attached hydrogen (secondary N) is 1. The van der Waals surface area contributed by atoms with Gasteiger partial charge in [-0.3, -0.25) is 5.01 Å². The topological polar surface area (TPSA) is 43.0 Å². The molecule has 0 saturated carbocycles. The fourth-order valence-corrected chi connectivity index (χ4v) is 2.15. The molecule has 1 aromatic rings. The Balaban J connectivity index is 1.78. The lowest BCUT2D eigenvalue weighted by atomic mass is 10.2. The van der Waals surface area contributed by atoms with Crippen molar-refractivity contribution in [1.82, 2.24) is 10.4 Å². The first-order valence-electron chi connectivity index (χ1n) is 7.01. The number of rotatable bonds is 6. The maximum absolute atomic E-state index is 5.84. The summed E-state index contributed by atoms with van der Waals surface area (Å²) in [5, 5.41) is 1.89. The van der Waals surface area contributed by atoms with Gasteiger partial charge in [0.25, 0.3) is 0 Å². The Bertz CT molecular complexity index is 386. The van der Waals surface area contributed by atoms with E-state index < -0.39 is 0 Å². The van der Waals surface area contributed by atoms with Crippen molar-refractivity contribution in [1.29, 1.82) is 0 Å². The minimum Gasteiger partial charge on any atom is -0.351 e. The Morgan fingerprint density at radius 1 is 1.35 bits per heavy atom. The van der Waals surface area contributed by atoms with Gasteiger partial charge in [0.05, 0.1) is 19.3 Å². The van der Waals surface area contributed by atoms with Crippen molar-refractivity contribution in [2.75, 3.05) is 20.7 Å². The summed E-state index contributed by atoms with van der Waals surface area (Å²) in [4.78, 5) is 0. The van der Waals surface area contributed by atoms with E-state index in [1.807, 2.05) is 56.4 Å². The minimum absolute atomic E-state index is 0.0770. The highest BCUT2D eigenvalue weighted by Gasteiger charge is 2.28. The quantitative estimate of drug-likeness (QED) is 0.804. The molecular weight excluding hydrogens is 256 g/mol. The normalized spacial score (nSPS) is 24.8. The molecule has 0 unspecified atom stereocenters. The zero-order valence-electron chi connectivity index (χ0n) is 12.4. The molecule has 0 spiro atoms. The maximum atomic E-state index is 5.84. The van der Waals surface area contributed by atoms with E-state index in [0.29, 0.717) is 13.2 Å². The molecule has 1 saturated heterocycles. The van der Waals surface area contributed by atoms with E-state index in [-0.39, 0.29) is 18.6 Å². The lowest BCUT2D eigenvalue weighted by Gasteiger charge is -2.34. The summed E-state index contributed by atoms with van der Waals surface area (Å²) >= 11 is 0. The van der Waals surface area contributed by atoms with Gasteiger partial charge in [-0.25, -0.2) is 5.43 Å². The predicted octanol–water partition coefficient (Wildman–Crippen LogP) is 1.75. The van der Waals surface area contributed by atoms with Gasteiger partial charge in [-0.2, -0.15) is 0 Å². The van der Waals surface area contributed by atoms with Crippen molar-refractivity contribution >= 4 is 0 Å². The molecular formula is C15H24N2O3. The number of benzene rings is 1. The molecule has 1 heterocycles. The summed E-state index contributed by atoms with van der Waals surface area (Å²) in [5.74, 6) is 0. The molecule has 2 rings (SSSR count). The van der Waals surface area contributed by atoms with Crippen molar-refractivity contribution in [3.63, 3.8) is 0 Å². The van der Waals surface area contributed by atoms with Crippen LogP contribution in [-0.2, 0) is 20.8 Å². The molecule has 1 fully saturated rings. The van der Waals surface area contributed by atoms with Crippen LogP contribution in [0.25, 0.3) is 0 Å². The van der Waals surface area contributed by atoms with Gasteiger partial charge in [0.1, 0.15) is 0 Å². The Labute approximate surface area is 120 Å². The van der Waals surface area contributed by atoms with Crippen molar-refractivity contribution in [3.8, 4) is 0 Å². The van der Waals surface area contributed by atoms with E-state index in [2.05, 4.69) is 5.43 Å². The molecule has 1 aromatic carbocycles. The molecule has 0 aliphatic carbocycles. The molecule has 5 nitrogen and oxygen atoms in total. The summed E-state index contributed by atoms with van der Waals surface area (Å²) in [7, 11) is 3.89. The van der Waals surface area contributed by atoms with E-state index >= 15 is 0 Å². The van der Waals surface area contributed by atoms with Gasteiger partial charge in [-0.15, -0.1) is 0 Å². The fraction of sp³-hybridized carbons (Fsp3) is 0.600. The molecule has 5 heteroatoms. The first-order valence-corrected chi connectivity index (χ1v) is 7.01. The van der Waals surface area contributed by atoms with Gasteiger partial charge >= 0.3 is 0 Å². The molecule has 0 radical (unpaired) electrons. The van der Waals surface area contributed by atoms with Crippen LogP contribution in [0, 0.1) is 0 Å². The van der Waals surface area contributed by atoms with Gasteiger partial charge in [-0.1, -0.05) is 30.3 Å². The number of hydrogen-bond donors (Lipinski definition) is 1. The SMILES string of the molecule is C[C@H](NN(C)C)[C@H]1OCC[C@@H](OCc2ccccc2)O1. The lowest BCUT2D eigenvalue weighted by Crippen LogP contribution is -2.50. The maximum Gasteiger partial charge on any atom is 0.176 e. The summed E-state index contributed by atoms with van der Waals surface area (Å²) in [5.41, 5.74) is 4.39. The van der Waals surface area contributed by atoms with Gasteiger partial charge in [0.15, 0.2) is 12.6 Å². The Morgan fingerprint density at radius 3 is 2.80 bits per heavy atom. The molecule has 0 aromatic heterocycles. The summed E-state index contributed by atoms with van der Waals surface area (Å²) in [6.45, 7) is 3.25. The largest absolute Gasteiger partial charge is 0.351 e. The van der Waals surface area contributed by atoms with Crippen molar-refractivity contribution < 1.29 is 14.2 Å². The average Bonchev–Trinajstić information content (AvgIpc) is 2.46. The summed E-state index contributed by atoms with van der Waals surface area (Å²) < 4.78 is 17.3. The van der Waals surface area contributed by atoms with Crippen molar-refractivity contribution in [2.45, 2.75) is 38.6 Å². The smallest absolute Gasteiger partial charge is 0.176 e. The van der Waals surface area contributed by atoms with Crippen molar-refractivity contribution in [2.24, 2.45) is 0 Å². The minimum atomic E-state index is -0.285. The van der Waals surface area contributed by atoms with Gasteiger partial charge in [0.2, 0.25) is 0 Å². The van der Waals surface area contributed by atoms with Crippen LogP contribution < -0.4 is 5.43 Å². The van der Waals surface area contributed by atoms with E-state index in [0.717, 1.165) is 12.0 Å². The molecule has 20 heavy (non-hydrogen) atoms. The van der Waals surface area contributed by atoms with Crippen molar-refractivity contribution in [3.05, 3.63) is 35.9 Å². The fourth-order valence-electron chi connectivity index (χ4n) is 2.15. The third-order valence-electron chi connectivity index (χ3n) is 3.07. The Hall–Kier alpha value is -0.980. The van der Waals surface area contributed by atoms with Gasteiger partial charge in [-0.05, 0) is 12.5 Å². The summed E-state index contributed by atoms with van der Waals surface area (Å²) in [6.07, 6.45) is 0.269. The molecule has 1 N–H and O–H groups in total. The Kier molecular flexibility index (Phi) is 5.94. The third kappa shape index (κ3) is 4.85. The van der Waals surface area contributed by atoms with E-state index in [1.54, 1.807) is 0 Å². The second-order valence-electron chi connectivity index (χ2n) is 5.20. The van der Waals surface area contributed by atoms with Crippen LogP contribution in [0.3, 0.4) is 0 Å². The Morgan fingerprint density at radius 2 is 2.10 bits per heavy atom. The van der Waals surface area contributed by atoms with Crippen LogP contribution in [0.4, 0.5) is 0 Å². The highest BCUT2D eigenvalue weighted by atomic mass is 16.8. The average molecular weight is 280 g/mol. The molecule has 0 amide bonds. The molecule has 3 atom stereocenters. The third-order valence-corrected chi connectivity index (χ3v) is 3.07. The molecule has 1 aliphatic heterocycles. The second-order valence-corrected chi connectivity index (χ2v) is 5.20. The summed E-state index contributed by atoms with van der Waals surface area (Å²) in [6, 6.07) is 10.2. The predicted molar refractivity (Wildman–Crippen MR) is 76.7 cm³/mol. The standard InChI is InChI=1S/C15H24N2O3/c1-12(16-17(2)3)15-18-10-9-14(20-15)19-11-13-7-5-4-6-8-13/h4-8,12,14-16H,9-11H2,1-3H3/t12-,14-,15-/m0/s1. The second kappa shape index (κ2) is 7.71. The lowest BCUT2D eigenvalue weighted by molar-refractivity contribution is -0.296. The number of hydrogen-bond acceptors (Lipinski definition) is 5. The van der Waals surface area contributed by atoms with E-state index in [4.69, 9.17) is 14.2 Å². The van der Waals surface area contributed by atoms with Crippen LogP contribution in [0.1, 0.15) is 18.9 Å². The van der Waals surface area contributed by atoms with Gasteiger partial charge in [0, 0.05) is 20.5 Å². The van der Waals surface area contributed by atoms with Crippen LogP contribution >= 0.6 is 0 Å². The highest BCUT2D eigenvalue weighted by molar-refractivity contribution is 5.13. The molecule has 0 bridgehead atoms. The number of nitrogens with zero attached hydrogens (tertiary/aromatic N) is 1.